The summed E-state index contributed by atoms with van der Waals surface area (Å²) in [6, 6.07) is 4.51. The average Bonchev–Trinajstić information content (AvgIpc) is 2.68. The zero-order valence-electron chi connectivity index (χ0n) is 16.1. The lowest BCUT2D eigenvalue weighted by Gasteiger charge is -2.26. The molecule has 30 heavy (non-hydrogen) atoms. The maximum absolute atomic E-state index is 14.4. The summed E-state index contributed by atoms with van der Waals surface area (Å²) in [6.45, 7) is 3.65. The number of ether oxygens (including phenoxy) is 1. The van der Waals surface area contributed by atoms with Gasteiger partial charge in [0.25, 0.3) is 10.0 Å². The second kappa shape index (κ2) is 8.60. The lowest BCUT2D eigenvalue weighted by atomic mass is 10.2. The molecule has 0 spiro atoms. The van der Waals surface area contributed by atoms with E-state index in [0.29, 0.717) is 5.56 Å². The van der Waals surface area contributed by atoms with E-state index >= 15 is 0 Å². The number of sulfonamides is 2. The number of hydrogen-bond donors (Lipinski definition) is 1. The summed E-state index contributed by atoms with van der Waals surface area (Å²) >= 11 is 12.3. The van der Waals surface area contributed by atoms with E-state index in [1.165, 1.54) is 6.92 Å². The molecule has 1 fully saturated rings. The van der Waals surface area contributed by atoms with E-state index in [4.69, 9.17) is 27.9 Å². The van der Waals surface area contributed by atoms with Crippen molar-refractivity contribution in [3.8, 4) is 0 Å². The molecular weight excluding hydrogens is 478 g/mol. The Morgan fingerprint density at radius 1 is 1.07 bits per heavy atom. The zero-order valence-corrected chi connectivity index (χ0v) is 19.2. The highest BCUT2D eigenvalue weighted by atomic mass is 35.5. The van der Waals surface area contributed by atoms with Gasteiger partial charge in [0.15, 0.2) is 0 Å². The first kappa shape index (κ1) is 23.2. The first-order valence-corrected chi connectivity index (χ1v) is 12.5. The van der Waals surface area contributed by atoms with E-state index in [2.05, 4.69) is 4.72 Å². The van der Waals surface area contributed by atoms with E-state index in [1.54, 1.807) is 13.0 Å². The predicted octanol–water partition coefficient (Wildman–Crippen LogP) is 3.57. The maximum Gasteiger partial charge on any atom is 0.263 e. The average molecular weight is 497 g/mol. The maximum atomic E-state index is 14.4. The Morgan fingerprint density at radius 2 is 1.70 bits per heavy atom. The Labute approximate surface area is 184 Å². The van der Waals surface area contributed by atoms with Gasteiger partial charge in [-0.15, -0.1) is 0 Å². The number of halogens is 3. The fraction of sp³-hybridized carbons (Fsp3) is 0.333. The Morgan fingerprint density at radius 3 is 2.33 bits per heavy atom. The molecule has 12 heteroatoms. The first-order valence-electron chi connectivity index (χ1n) is 8.80. The SMILES string of the molecule is Cc1cc(Cl)c(C)c(S(=O)(=O)Nc2ccc(F)c(S(=O)(=O)N3CCOCC3)c2)c1Cl. The van der Waals surface area contributed by atoms with Crippen LogP contribution in [-0.2, 0) is 24.8 Å². The summed E-state index contributed by atoms with van der Waals surface area (Å²) in [7, 11) is -8.41. The third kappa shape index (κ3) is 4.44. The van der Waals surface area contributed by atoms with E-state index in [0.717, 1.165) is 22.5 Å². The summed E-state index contributed by atoms with van der Waals surface area (Å²) in [6.07, 6.45) is 0. The number of rotatable bonds is 5. The molecule has 0 radical (unpaired) electrons. The quantitative estimate of drug-likeness (QED) is 0.682. The van der Waals surface area contributed by atoms with Gasteiger partial charge in [0, 0.05) is 18.1 Å². The molecule has 1 N–H and O–H groups in total. The molecule has 7 nitrogen and oxygen atoms in total. The van der Waals surface area contributed by atoms with Crippen LogP contribution in [0.2, 0.25) is 10.0 Å². The fourth-order valence-corrected chi connectivity index (χ4v) is 6.79. The number of nitrogens with one attached hydrogen (secondary N) is 1. The van der Waals surface area contributed by atoms with Crippen LogP contribution in [0, 0.1) is 19.7 Å². The lowest BCUT2D eigenvalue weighted by molar-refractivity contribution is 0.0729. The summed E-state index contributed by atoms with van der Waals surface area (Å²) in [5.41, 5.74) is 0.571. The van der Waals surface area contributed by atoms with Crippen molar-refractivity contribution in [3.05, 3.63) is 51.3 Å². The molecule has 2 aromatic rings. The molecule has 3 rings (SSSR count). The van der Waals surface area contributed by atoms with Crippen LogP contribution in [0.3, 0.4) is 0 Å². The van der Waals surface area contributed by atoms with Crippen LogP contribution >= 0.6 is 23.2 Å². The fourth-order valence-electron chi connectivity index (χ4n) is 3.03. The van der Waals surface area contributed by atoms with Gasteiger partial charge in [0.1, 0.15) is 15.6 Å². The third-order valence-electron chi connectivity index (χ3n) is 4.63. The van der Waals surface area contributed by atoms with E-state index < -0.39 is 30.8 Å². The molecule has 0 saturated carbocycles. The van der Waals surface area contributed by atoms with Gasteiger partial charge in [0.2, 0.25) is 10.0 Å². The van der Waals surface area contributed by atoms with Gasteiger partial charge in [-0.1, -0.05) is 23.2 Å². The number of hydrogen-bond acceptors (Lipinski definition) is 5. The van der Waals surface area contributed by atoms with Crippen LogP contribution in [0.1, 0.15) is 11.1 Å². The molecule has 0 atom stereocenters. The second-order valence-electron chi connectivity index (χ2n) is 6.71. The molecule has 164 valence electrons. The highest BCUT2D eigenvalue weighted by Gasteiger charge is 2.30. The van der Waals surface area contributed by atoms with Crippen molar-refractivity contribution < 1.29 is 26.0 Å². The van der Waals surface area contributed by atoms with E-state index in [-0.39, 0.29) is 52.5 Å². The predicted molar refractivity (Wildman–Crippen MR) is 113 cm³/mol. The van der Waals surface area contributed by atoms with Crippen LogP contribution in [0.25, 0.3) is 0 Å². The van der Waals surface area contributed by atoms with Crippen molar-refractivity contribution in [3.63, 3.8) is 0 Å². The van der Waals surface area contributed by atoms with Crippen molar-refractivity contribution in [1.29, 1.82) is 0 Å². The Hall–Kier alpha value is -1.43. The van der Waals surface area contributed by atoms with Crippen molar-refractivity contribution in [1.82, 2.24) is 4.31 Å². The number of aryl methyl sites for hydroxylation is 1. The van der Waals surface area contributed by atoms with E-state index in [1.807, 2.05) is 0 Å². The normalized spacial score (nSPS) is 15.9. The molecule has 1 heterocycles. The Balaban J connectivity index is 2.02. The highest BCUT2D eigenvalue weighted by molar-refractivity contribution is 7.93. The minimum atomic E-state index is -4.24. The lowest BCUT2D eigenvalue weighted by Crippen LogP contribution is -2.40. The Bertz CT molecular complexity index is 1170. The van der Waals surface area contributed by atoms with Crippen LogP contribution in [-0.4, -0.2) is 47.4 Å². The molecule has 0 unspecified atom stereocenters. The monoisotopic (exact) mass is 496 g/mol. The van der Waals surface area contributed by atoms with Gasteiger partial charge in [0.05, 0.1) is 23.9 Å². The molecule has 0 aromatic heterocycles. The topological polar surface area (TPSA) is 92.8 Å². The first-order chi connectivity index (χ1) is 13.9. The molecule has 0 aliphatic carbocycles. The molecule has 1 aliphatic heterocycles. The van der Waals surface area contributed by atoms with Crippen molar-refractivity contribution in [2.45, 2.75) is 23.6 Å². The molecular formula is C18H19Cl2FN2O5S2. The minimum absolute atomic E-state index is 0.00678. The largest absolute Gasteiger partial charge is 0.379 e. The van der Waals surface area contributed by atoms with Crippen LogP contribution in [0.15, 0.2) is 34.1 Å². The van der Waals surface area contributed by atoms with Gasteiger partial charge in [-0.25, -0.2) is 21.2 Å². The number of anilines is 1. The van der Waals surface area contributed by atoms with Crippen molar-refractivity contribution in [2.75, 3.05) is 31.0 Å². The third-order valence-corrected chi connectivity index (χ3v) is 9.09. The molecule has 0 bridgehead atoms. The van der Waals surface area contributed by atoms with Gasteiger partial charge in [-0.2, -0.15) is 4.31 Å². The van der Waals surface area contributed by atoms with E-state index in [9.17, 15) is 21.2 Å². The molecule has 1 saturated heterocycles. The van der Waals surface area contributed by atoms with Gasteiger partial charge in [-0.3, -0.25) is 4.72 Å². The van der Waals surface area contributed by atoms with Gasteiger partial charge < -0.3 is 4.74 Å². The molecule has 2 aromatic carbocycles. The van der Waals surface area contributed by atoms with Crippen LogP contribution < -0.4 is 4.72 Å². The Kier molecular flexibility index (Phi) is 6.66. The number of morpholine rings is 1. The minimum Gasteiger partial charge on any atom is -0.379 e. The summed E-state index contributed by atoms with van der Waals surface area (Å²) < 4.78 is 74.4. The highest BCUT2D eigenvalue weighted by Crippen LogP contribution is 2.35. The number of nitrogens with zero attached hydrogens (tertiary/aromatic N) is 1. The summed E-state index contributed by atoms with van der Waals surface area (Å²) in [5, 5.41) is 0.208. The van der Waals surface area contributed by atoms with Gasteiger partial charge >= 0.3 is 0 Å². The molecule has 1 aliphatic rings. The summed E-state index contributed by atoms with van der Waals surface area (Å²) in [5.74, 6) is -0.989. The van der Waals surface area contributed by atoms with Crippen LogP contribution in [0.4, 0.5) is 10.1 Å². The van der Waals surface area contributed by atoms with Crippen molar-refractivity contribution >= 4 is 48.9 Å². The van der Waals surface area contributed by atoms with Crippen LogP contribution in [0.5, 0.6) is 0 Å². The smallest absolute Gasteiger partial charge is 0.263 e. The summed E-state index contributed by atoms with van der Waals surface area (Å²) in [4.78, 5) is -0.856. The van der Waals surface area contributed by atoms with Crippen molar-refractivity contribution in [2.24, 2.45) is 0 Å². The second-order valence-corrected chi connectivity index (χ2v) is 11.0. The number of benzene rings is 2. The zero-order chi connectivity index (χ0) is 22.3. The molecule has 0 amide bonds. The standard InChI is InChI=1S/C18H19Cl2FN2O5S2/c1-11-9-14(19)12(2)18(17(11)20)29(24,25)22-13-3-4-15(21)16(10-13)30(26,27)23-5-7-28-8-6-23/h3-4,9-10,22H,5-8H2,1-2H3. The van der Waals surface area contributed by atoms with Gasteiger partial charge in [-0.05, 0) is 49.2 Å².